The van der Waals surface area contributed by atoms with Gasteiger partial charge >= 0.3 is 12.4 Å². The van der Waals surface area contributed by atoms with Gasteiger partial charge in [0.05, 0.1) is 22.4 Å². The van der Waals surface area contributed by atoms with Gasteiger partial charge in [-0.05, 0) is 71.2 Å². The van der Waals surface area contributed by atoms with E-state index < -0.39 is 55.8 Å². The molecule has 0 amide bonds. The van der Waals surface area contributed by atoms with Gasteiger partial charge in [0.25, 0.3) is 0 Å². The van der Waals surface area contributed by atoms with Crippen LogP contribution in [0.3, 0.4) is 0 Å². The molecule has 5 rings (SSSR count). The number of nitrogens with zero attached hydrogens (tertiary/aromatic N) is 1. The number of aromatic nitrogens is 1. The summed E-state index contributed by atoms with van der Waals surface area (Å²) >= 11 is 0. The van der Waals surface area contributed by atoms with Crippen molar-refractivity contribution < 1.29 is 34.8 Å². The van der Waals surface area contributed by atoms with Gasteiger partial charge in [-0.15, -0.1) is 0 Å². The second-order valence-corrected chi connectivity index (χ2v) is 14.7. The lowest BCUT2D eigenvalue weighted by Crippen LogP contribution is -2.40. The first-order chi connectivity index (χ1) is 22.6. The summed E-state index contributed by atoms with van der Waals surface area (Å²) in [4.78, 5) is 4.17. The van der Waals surface area contributed by atoms with E-state index in [0.29, 0.717) is 29.5 Å². The second-order valence-electron chi connectivity index (χ2n) is 12.4. The average Bonchev–Trinajstić information content (AvgIpc) is 3.03. The first kappa shape index (κ1) is 35.1. The van der Waals surface area contributed by atoms with Crippen molar-refractivity contribution in [1.82, 2.24) is 4.98 Å². The molecule has 0 N–H and O–H groups in total. The lowest BCUT2D eigenvalue weighted by atomic mass is 9.78. The smallest absolute Gasteiger partial charge is 0.255 e. The number of rotatable bonds is 10. The number of hydrogen-bond acceptors (Lipinski definition) is 3. The molecule has 10 heteroatoms. The molecular weight excluding hydrogens is 648 g/mol. The maximum absolute atomic E-state index is 14.9. The van der Waals surface area contributed by atoms with Gasteiger partial charge in [-0.2, -0.15) is 26.3 Å². The molecular formula is C38H35F6NO2S. The Hall–Kier alpha value is -4.18. The Morgan fingerprint density at radius 1 is 0.854 bits per heavy atom. The number of pyridine rings is 1. The zero-order valence-electron chi connectivity index (χ0n) is 26.4. The summed E-state index contributed by atoms with van der Waals surface area (Å²) < 4.78 is 115. The maximum Gasteiger partial charge on any atom is 0.418 e. The highest BCUT2D eigenvalue weighted by Crippen LogP contribution is 2.51. The maximum atomic E-state index is 14.9. The van der Waals surface area contributed by atoms with Gasteiger partial charge in [-0.3, -0.25) is 4.98 Å². The molecule has 1 aliphatic carbocycles. The van der Waals surface area contributed by atoms with Crippen molar-refractivity contribution in [3.05, 3.63) is 143 Å². The highest BCUT2D eigenvalue weighted by molar-refractivity contribution is 7.92. The number of fused-ring (bicyclic) bond motifs is 1. The molecule has 0 fully saturated rings. The summed E-state index contributed by atoms with van der Waals surface area (Å²) in [5.41, 5.74) is -1.60. The Kier molecular flexibility index (Phi) is 10.1. The number of para-hydroxylation sites is 1. The summed E-state index contributed by atoms with van der Waals surface area (Å²) in [7, 11) is -4.60. The molecule has 0 spiro atoms. The normalized spacial score (nSPS) is 17.6. The number of alkyl halides is 6. The zero-order valence-corrected chi connectivity index (χ0v) is 27.3. The van der Waals surface area contributed by atoms with E-state index >= 15 is 0 Å². The molecule has 0 aliphatic heterocycles. The van der Waals surface area contributed by atoms with Crippen molar-refractivity contribution in [1.29, 1.82) is 0 Å². The summed E-state index contributed by atoms with van der Waals surface area (Å²) in [5.74, 6) is -0.277. The highest BCUT2D eigenvalue weighted by Gasteiger charge is 2.51. The first-order valence-corrected chi connectivity index (χ1v) is 17.2. The molecule has 4 aromatic rings. The van der Waals surface area contributed by atoms with Crippen LogP contribution in [0, 0.1) is 5.92 Å². The fraction of sp³-hybridized carbons (Fsp3) is 0.289. The van der Waals surface area contributed by atoms with Gasteiger partial charge in [0.2, 0.25) is 0 Å². The van der Waals surface area contributed by atoms with Crippen LogP contribution in [0.1, 0.15) is 60.9 Å². The minimum Gasteiger partial charge on any atom is -0.255 e. The SMILES string of the molecule is CC(C)CCC=CCS(=O)(=O)C1(c2c(Cc3ccccc3)cnc3c(C(F)(F)F)cccc23)C=C(C(F)(F)F)C=C(c2ccccc2)C1. The summed E-state index contributed by atoms with van der Waals surface area (Å²) in [6.07, 6.45) is -2.95. The van der Waals surface area contributed by atoms with Crippen LogP contribution in [0.15, 0.2) is 115 Å². The predicted molar refractivity (Wildman–Crippen MR) is 178 cm³/mol. The van der Waals surface area contributed by atoms with Crippen LogP contribution in [0.5, 0.6) is 0 Å². The number of benzene rings is 3. The Balaban J connectivity index is 1.88. The largest absolute Gasteiger partial charge is 0.418 e. The summed E-state index contributed by atoms with van der Waals surface area (Å²) in [5, 5.41) is -0.169. The predicted octanol–water partition coefficient (Wildman–Crippen LogP) is 10.4. The standard InChI is InChI=1S/C38H35F6NO2S/c1-26(2)13-6-5-11-20-48(46,47)36(23-29(28-16-9-4-10-17-28)22-31(24-36)37(39,40)41)34-30(21-27-14-7-3-8-15-27)25-45-35-32(34)18-12-19-33(35)38(42,43)44/h3-5,7-12,14-19,22,24-26H,6,13,20-21,23H2,1-2H3. The number of hydrogen-bond donors (Lipinski definition) is 0. The molecule has 1 heterocycles. The van der Waals surface area contributed by atoms with Crippen LogP contribution in [-0.2, 0) is 27.2 Å². The van der Waals surface area contributed by atoms with Crippen molar-refractivity contribution in [2.24, 2.45) is 5.92 Å². The third kappa shape index (κ3) is 7.43. The van der Waals surface area contributed by atoms with Crippen LogP contribution < -0.4 is 0 Å². The van der Waals surface area contributed by atoms with Gasteiger partial charge in [0.1, 0.15) is 4.75 Å². The molecule has 0 saturated carbocycles. The van der Waals surface area contributed by atoms with E-state index in [1.54, 1.807) is 66.7 Å². The quantitative estimate of drug-likeness (QED) is 0.123. The molecule has 1 unspecified atom stereocenters. The third-order valence-corrected chi connectivity index (χ3v) is 10.7. The van der Waals surface area contributed by atoms with Gasteiger partial charge in [-0.25, -0.2) is 8.42 Å². The lowest BCUT2D eigenvalue weighted by molar-refractivity contribution is -0.136. The Labute approximate surface area is 276 Å². The van der Waals surface area contributed by atoms with E-state index in [9.17, 15) is 34.8 Å². The Bertz CT molecular complexity index is 1960. The van der Waals surface area contributed by atoms with E-state index in [1.807, 2.05) is 13.8 Å². The van der Waals surface area contributed by atoms with Crippen LogP contribution in [0.25, 0.3) is 16.5 Å². The van der Waals surface area contributed by atoms with E-state index in [-0.39, 0.29) is 28.5 Å². The van der Waals surface area contributed by atoms with E-state index in [0.717, 1.165) is 24.6 Å². The van der Waals surface area contributed by atoms with Gasteiger partial charge in [0, 0.05) is 18.0 Å². The minimum atomic E-state index is -4.96. The van der Waals surface area contributed by atoms with Crippen molar-refractivity contribution >= 4 is 26.3 Å². The van der Waals surface area contributed by atoms with Crippen LogP contribution in [0.4, 0.5) is 26.3 Å². The van der Waals surface area contributed by atoms with E-state index in [1.165, 1.54) is 18.3 Å². The average molecular weight is 684 g/mol. The van der Waals surface area contributed by atoms with Gasteiger partial charge in [-0.1, -0.05) is 98.8 Å². The fourth-order valence-electron chi connectivity index (χ4n) is 6.22. The van der Waals surface area contributed by atoms with Crippen molar-refractivity contribution in [3.63, 3.8) is 0 Å². The van der Waals surface area contributed by atoms with E-state index in [2.05, 4.69) is 4.98 Å². The second kappa shape index (κ2) is 13.7. The number of sulfone groups is 1. The molecule has 0 radical (unpaired) electrons. The van der Waals surface area contributed by atoms with E-state index in [4.69, 9.17) is 0 Å². The minimum absolute atomic E-state index is 0.0242. The molecule has 3 nitrogen and oxygen atoms in total. The molecule has 48 heavy (non-hydrogen) atoms. The molecule has 0 bridgehead atoms. The summed E-state index contributed by atoms with van der Waals surface area (Å²) in [6.45, 7) is 4.03. The van der Waals surface area contributed by atoms with Crippen LogP contribution in [0.2, 0.25) is 0 Å². The molecule has 1 aromatic heterocycles. The zero-order chi connectivity index (χ0) is 34.7. The van der Waals surface area contributed by atoms with Crippen molar-refractivity contribution in [3.8, 4) is 0 Å². The monoisotopic (exact) mass is 683 g/mol. The van der Waals surface area contributed by atoms with Crippen molar-refractivity contribution in [2.45, 2.75) is 56.6 Å². The fourth-order valence-corrected chi connectivity index (χ4v) is 8.14. The Morgan fingerprint density at radius 3 is 2.15 bits per heavy atom. The number of halogens is 6. The van der Waals surface area contributed by atoms with Gasteiger partial charge < -0.3 is 0 Å². The topological polar surface area (TPSA) is 47.0 Å². The molecule has 1 aliphatic rings. The van der Waals surface area contributed by atoms with Crippen LogP contribution >= 0.6 is 0 Å². The van der Waals surface area contributed by atoms with Crippen LogP contribution in [-0.4, -0.2) is 25.3 Å². The molecule has 252 valence electrons. The molecule has 0 saturated heterocycles. The van der Waals surface area contributed by atoms with Crippen molar-refractivity contribution in [2.75, 3.05) is 5.75 Å². The molecule has 3 aromatic carbocycles. The Morgan fingerprint density at radius 2 is 1.52 bits per heavy atom. The summed E-state index contributed by atoms with van der Waals surface area (Å²) in [6, 6.07) is 20.2. The number of allylic oxidation sites excluding steroid dienone is 4. The van der Waals surface area contributed by atoms with Gasteiger partial charge in [0.15, 0.2) is 9.84 Å². The lowest BCUT2D eigenvalue weighted by Gasteiger charge is -2.38. The highest BCUT2D eigenvalue weighted by atomic mass is 32.2. The third-order valence-electron chi connectivity index (χ3n) is 8.53. The first-order valence-electron chi connectivity index (χ1n) is 15.6. The molecule has 1 atom stereocenters.